The van der Waals surface area contributed by atoms with Gasteiger partial charge >= 0.3 is 0 Å². The molecule has 0 spiro atoms. The SMILES string of the molecule is CC[C@H](C(=O)NC)N(Cc1ccc(F)cc1)C(=O)CCc1ccccc1. The number of likely N-dealkylation sites (N-methyl/N-ethyl adjacent to an activating group) is 1. The number of nitrogens with zero attached hydrogens (tertiary/aromatic N) is 1. The van der Waals surface area contributed by atoms with Crippen LogP contribution in [0.2, 0.25) is 0 Å². The fraction of sp³-hybridized carbons (Fsp3) is 0.333. The molecular formula is C21H25FN2O2. The van der Waals surface area contributed by atoms with Crippen molar-refractivity contribution >= 4 is 11.8 Å². The summed E-state index contributed by atoms with van der Waals surface area (Å²) in [6, 6.07) is 15.2. The average Bonchev–Trinajstić information content (AvgIpc) is 2.68. The molecular weight excluding hydrogens is 331 g/mol. The Balaban J connectivity index is 2.16. The van der Waals surface area contributed by atoms with Gasteiger partial charge in [-0.3, -0.25) is 9.59 Å². The summed E-state index contributed by atoms with van der Waals surface area (Å²) in [7, 11) is 1.56. The van der Waals surface area contributed by atoms with Crippen molar-refractivity contribution in [2.75, 3.05) is 7.05 Å². The normalized spacial score (nSPS) is 11.7. The monoisotopic (exact) mass is 356 g/mol. The van der Waals surface area contributed by atoms with Crippen molar-refractivity contribution in [2.24, 2.45) is 0 Å². The van der Waals surface area contributed by atoms with Crippen LogP contribution in [0, 0.1) is 5.82 Å². The molecule has 0 bridgehead atoms. The first-order valence-electron chi connectivity index (χ1n) is 8.84. The largest absolute Gasteiger partial charge is 0.357 e. The van der Waals surface area contributed by atoms with Gasteiger partial charge in [0.25, 0.3) is 0 Å². The van der Waals surface area contributed by atoms with E-state index in [4.69, 9.17) is 0 Å². The van der Waals surface area contributed by atoms with Crippen LogP contribution in [0.25, 0.3) is 0 Å². The summed E-state index contributed by atoms with van der Waals surface area (Å²) in [5, 5.41) is 2.63. The quantitative estimate of drug-likeness (QED) is 0.789. The molecule has 0 radical (unpaired) electrons. The Bertz CT molecular complexity index is 717. The maximum absolute atomic E-state index is 13.2. The minimum Gasteiger partial charge on any atom is -0.357 e. The number of carbonyl (C=O) groups excluding carboxylic acids is 2. The fourth-order valence-corrected chi connectivity index (χ4v) is 2.91. The molecule has 1 atom stereocenters. The van der Waals surface area contributed by atoms with Crippen molar-refractivity contribution in [3.05, 3.63) is 71.5 Å². The molecule has 26 heavy (non-hydrogen) atoms. The lowest BCUT2D eigenvalue weighted by atomic mass is 10.1. The van der Waals surface area contributed by atoms with Gasteiger partial charge in [0.1, 0.15) is 11.9 Å². The number of hydrogen-bond acceptors (Lipinski definition) is 2. The van der Waals surface area contributed by atoms with Gasteiger partial charge in [-0.15, -0.1) is 0 Å². The molecule has 138 valence electrons. The minimum absolute atomic E-state index is 0.0892. The molecule has 0 saturated heterocycles. The molecule has 2 amide bonds. The van der Waals surface area contributed by atoms with Crippen LogP contribution in [0.3, 0.4) is 0 Å². The number of hydrogen-bond donors (Lipinski definition) is 1. The van der Waals surface area contributed by atoms with Gasteiger partial charge in [-0.05, 0) is 36.1 Å². The summed E-state index contributed by atoms with van der Waals surface area (Å²) >= 11 is 0. The van der Waals surface area contributed by atoms with Crippen LogP contribution < -0.4 is 5.32 Å². The van der Waals surface area contributed by atoms with Gasteiger partial charge in [-0.2, -0.15) is 0 Å². The van der Waals surface area contributed by atoms with Crippen molar-refractivity contribution in [1.82, 2.24) is 10.2 Å². The highest BCUT2D eigenvalue weighted by atomic mass is 19.1. The molecule has 2 aromatic carbocycles. The lowest BCUT2D eigenvalue weighted by Gasteiger charge is -2.30. The van der Waals surface area contributed by atoms with E-state index in [0.717, 1.165) is 11.1 Å². The molecule has 4 nitrogen and oxygen atoms in total. The second-order valence-corrected chi connectivity index (χ2v) is 6.17. The van der Waals surface area contributed by atoms with E-state index in [0.29, 0.717) is 19.3 Å². The lowest BCUT2D eigenvalue weighted by Crippen LogP contribution is -2.48. The van der Waals surface area contributed by atoms with Gasteiger partial charge in [0.15, 0.2) is 0 Å². The highest BCUT2D eigenvalue weighted by Crippen LogP contribution is 2.15. The number of amides is 2. The predicted octanol–water partition coefficient (Wildman–Crippen LogP) is 3.31. The van der Waals surface area contributed by atoms with Crippen LogP contribution in [-0.4, -0.2) is 29.8 Å². The number of carbonyl (C=O) groups is 2. The number of aryl methyl sites for hydroxylation is 1. The van der Waals surface area contributed by atoms with Gasteiger partial charge in [0.05, 0.1) is 0 Å². The van der Waals surface area contributed by atoms with Crippen molar-refractivity contribution < 1.29 is 14.0 Å². The molecule has 0 aromatic heterocycles. The standard InChI is InChI=1S/C21H25FN2O2/c1-3-19(21(26)23-2)24(15-17-9-12-18(22)13-10-17)20(25)14-11-16-7-5-4-6-8-16/h4-10,12-13,19H,3,11,14-15H2,1-2H3,(H,23,26)/t19-/m1/s1. The van der Waals surface area contributed by atoms with E-state index in [9.17, 15) is 14.0 Å². The molecule has 1 N–H and O–H groups in total. The Morgan fingerprint density at radius 2 is 1.69 bits per heavy atom. The Morgan fingerprint density at radius 3 is 2.27 bits per heavy atom. The Labute approximate surface area is 154 Å². The summed E-state index contributed by atoms with van der Waals surface area (Å²) in [6.07, 6.45) is 1.44. The minimum atomic E-state index is -0.548. The molecule has 2 rings (SSSR count). The van der Waals surface area contributed by atoms with Gasteiger partial charge in [-0.25, -0.2) is 4.39 Å². The van der Waals surface area contributed by atoms with E-state index >= 15 is 0 Å². The Kier molecular flexibility index (Phi) is 7.33. The van der Waals surface area contributed by atoms with E-state index in [1.807, 2.05) is 37.3 Å². The molecule has 0 aliphatic carbocycles. The van der Waals surface area contributed by atoms with Crippen molar-refractivity contribution in [3.8, 4) is 0 Å². The smallest absolute Gasteiger partial charge is 0.242 e. The highest BCUT2D eigenvalue weighted by molar-refractivity contribution is 5.87. The van der Waals surface area contributed by atoms with Gasteiger partial charge in [0, 0.05) is 20.0 Å². The maximum atomic E-state index is 13.2. The van der Waals surface area contributed by atoms with Crippen molar-refractivity contribution in [3.63, 3.8) is 0 Å². The summed E-state index contributed by atoms with van der Waals surface area (Å²) in [6.45, 7) is 2.15. The van der Waals surface area contributed by atoms with Crippen LogP contribution >= 0.6 is 0 Å². The van der Waals surface area contributed by atoms with Crippen LogP contribution in [0.4, 0.5) is 4.39 Å². The third kappa shape index (κ3) is 5.41. The number of rotatable bonds is 8. The van der Waals surface area contributed by atoms with Crippen molar-refractivity contribution in [2.45, 2.75) is 38.8 Å². The predicted molar refractivity (Wildman–Crippen MR) is 99.9 cm³/mol. The molecule has 0 aliphatic heterocycles. The third-order valence-corrected chi connectivity index (χ3v) is 4.37. The highest BCUT2D eigenvalue weighted by Gasteiger charge is 2.27. The van der Waals surface area contributed by atoms with Crippen molar-refractivity contribution in [1.29, 1.82) is 0 Å². The molecule has 0 saturated carbocycles. The third-order valence-electron chi connectivity index (χ3n) is 4.37. The Morgan fingerprint density at radius 1 is 1.04 bits per heavy atom. The second-order valence-electron chi connectivity index (χ2n) is 6.17. The first-order chi connectivity index (χ1) is 12.5. The Hall–Kier alpha value is -2.69. The van der Waals surface area contributed by atoms with Crippen LogP contribution in [0.5, 0.6) is 0 Å². The number of benzene rings is 2. The summed E-state index contributed by atoms with van der Waals surface area (Å²) in [5.74, 6) is -0.606. The van der Waals surface area contributed by atoms with E-state index in [2.05, 4.69) is 5.32 Å². The summed E-state index contributed by atoms with van der Waals surface area (Å²) < 4.78 is 13.2. The molecule has 5 heteroatoms. The van der Waals surface area contributed by atoms with Crippen LogP contribution in [-0.2, 0) is 22.6 Å². The van der Waals surface area contributed by atoms with Crippen LogP contribution in [0.1, 0.15) is 30.9 Å². The van der Waals surface area contributed by atoms with Crippen LogP contribution in [0.15, 0.2) is 54.6 Å². The molecule has 0 heterocycles. The van der Waals surface area contributed by atoms with Gasteiger partial charge in [0.2, 0.25) is 11.8 Å². The molecule has 2 aromatic rings. The second kappa shape index (κ2) is 9.70. The molecule has 0 aliphatic rings. The number of halogens is 1. The zero-order valence-electron chi connectivity index (χ0n) is 15.2. The zero-order chi connectivity index (χ0) is 18.9. The first-order valence-corrected chi connectivity index (χ1v) is 8.84. The lowest BCUT2D eigenvalue weighted by molar-refractivity contribution is -0.141. The molecule has 0 fully saturated rings. The first kappa shape index (κ1) is 19.6. The molecule has 0 unspecified atom stereocenters. The van der Waals surface area contributed by atoms with Gasteiger partial charge < -0.3 is 10.2 Å². The maximum Gasteiger partial charge on any atom is 0.242 e. The number of nitrogens with one attached hydrogen (secondary N) is 1. The fourth-order valence-electron chi connectivity index (χ4n) is 2.91. The summed E-state index contributed by atoms with van der Waals surface area (Å²) in [5.41, 5.74) is 1.87. The topological polar surface area (TPSA) is 49.4 Å². The van der Waals surface area contributed by atoms with E-state index < -0.39 is 6.04 Å². The van der Waals surface area contributed by atoms with E-state index in [-0.39, 0.29) is 24.2 Å². The van der Waals surface area contributed by atoms with Gasteiger partial charge in [-0.1, -0.05) is 49.4 Å². The van der Waals surface area contributed by atoms with E-state index in [1.165, 1.54) is 12.1 Å². The van der Waals surface area contributed by atoms with E-state index in [1.54, 1.807) is 24.1 Å². The summed E-state index contributed by atoms with van der Waals surface area (Å²) in [4.78, 5) is 26.7. The average molecular weight is 356 g/mol. The zero-order valence-corrected chi connectivity index (χ0v) is 15.2.